The van der Waals surface area contributed by atoms with E-state index in [0.29, 0.717) is 29.6 Å². The molecule has 326 valence electrons. The van der Waals surface area contributed by atoms with E-state index in [0.717, 1.165) is 42.3 Å². The number of unbranched alkanes of at least 4 members (excludes halogenated alkanes) is 5. The van der Waals surface area contributed by atoms with Gasteiger partial charge in [-0.15, -0.1) is 0 Å². The van der Waals surface area contributed by atoms with Crippen molar-refractivity contribution in [3.05, 3.63) is 41.5 Å². The van der Waals surface area contributed by atoms with Crippen LogP contribution in [0.5, 0.6) is 0 Å². The van der Waals surface area contributed by atoms with Gasteiger partial charge >= 0.3 is 11.9 Å². The number of carbonyl (C=O) groups excluding carboxylic acids is 6. The molecule has 4 atom stereocenters. The summed E-state index contributed by atoms with van der Waals surface area (Å²) in [5, 5.41) is 21.3. The number of imide groups is 1. The van der Waals surface area contributed by atoms with Crippen molar-refractivity contribution < 1.29 is 43.4 Å². The summed E-state index contributed by atoms with van der Waals surface area (Å²) >= 11 is 0. The van der Waals surface area contributed by atoms with Crippen molar-refractivity contribution in [2.75, 3.05) is 52.3 Å². The minimum atomic E-state index is -1.25. The maximum absolute atomic E-state index is 13.8. The first-order valence-corrected chi connectivity index (χ1v) is 20.7. The number of rotatable bonds is 28. The van der Waals surface area contributed by atoms with Gasteiger partial charge in [-0.05, 0) is 56.8 Å². The highest BCUT2D eigenvalue weighted by Crippen LogP contribution is 2.35. The first kappa shape index (κ1) is 48.2. The van der Waals surface area contributed by atoms with Crippen molar-refractivity contribution in [3.63, 3.8) is 0 Å². The maximum Gasteiger partial charge on any atom is 0.328 e. The highest BCUT2D eigenvalue weighted by Gasteiger charge is 2.35. The number of methoxy groups -OCH3 is 1. The molecule has 5 amide bonds. The van der Waals surface area contributed by atoms with Crippen LogP contribution in [0.3, 0.4) is 0 Å². The molecule has 9 N–H and O–H groups in total. The second-order valence-corrected chi connectivity index (χ2v) is 15.3. The highest BCUT2D eigenvalue weighted by atomic mass is 16.5. The van der Waals surface area contributed by atoms with E-state index in [-0.39, 0.29) is 57.7 Å². The molecular formula is C42H64N8O9. The Labute approximate surface area is 346 Å². The Kier molecular flexibility index (Phi) is 20.2. The monoisotopic (exact) mass is 824 g/mol. The second kappa shape index (κ2) is 24.7. The van der Waals surface area contributed by atoms with Gasteiger partial charge in [-0.25, -0.2) is 4.79 Å². The van der Waals surface area contributed by atoms with E-state index in [4.69, 9.17) is 21.3 Å². The van der Waals surface area contributed by atoms with E-state index < -0.39 is 59.6 Å². The molecule has 2 aromatic carbocycles. The normalized spacial score (nSPS) is 14.3. The smallest absolute Gasteiger partial charge is 0.328 e. The fourth-order valence-electron chi connectivity index (χ4n) is 7.02. The van der Waals surface area contributed by atoms with Gasteiger partial charge in [0.25, 0.3) is 11.8 Å². The summed E-state index contributed by atoms with van der Waals surface area (Å²) in [4.78, 5) is 93.3. The third-order valence-electron chi connectivity index (χ3n) is 10.4. The summed E-state index contributed by atoms with van der Waals surface area (Å²) in [7, 11) is 4.88. The Morgan fingerprint density at radius 3 is 2.17 bits per heavy atom. The molecule has 17 nitrogen and oxygen atoms in total. The molecule has 1 aliphatic heterocycles. The molecule has 0 saturated heterocycles. The molecule has 59 heavy (non-hydrogen) atoms. The number of carboxylic acid groups (broad SMARTS) is 1. The second-order valence-electron chi connectivity index (χ2n) is 15.3. The SMILES string of the molecule is CCCCCCCC[C@H](N)CNCC[C@H](N)C(=O)N[C@H](CCN1C(=O)c2cccc3c(N(C)C)ccc(c23)C1=O)C(=O)NCC[C@@H](NC(=O)CCCC(=O)O)C(=O)OC. The van der Waals surface area contributed by atoms with E-state index in [1.165, 1.54) is 25.7 Å². The molecule has 1 aliphatic rings. The van der Waals surface area contributed by atoms with Gasteiger partial charge in [0.2, 0.25) is 17.7 Å². The molecule has 0 radical (unpaired) electrons. The average molecular weight is 825 g/mol. The lowest BCUT2D eigenvalue weighted by Crippen LogP contribution is -2.54. The number of carbonyl (C=O) groups is 7. The maximum atomic E-state index is 13.8. The molecule has 17 heteroatoms. The third kappa shape index (κ3) is 14.9. The first-order valence-electron chi connectivity index (χ1n) is 20.7. The Hall–Kier alpha value is -5.13. The number of nitrogens with one attached hydrogen (secondary N) is 4. The number of nitrogens with two attached hydrogens (primary N) is 2. The third-order valence-corrected chi connectivity index (χ3v) is 10.4. The standard InChI is InChI=1S/C42H64N8O9/c1-5-6-7-8-9-10-13-27(43)26-45-23-20-31(44)38(54)48-32(39(55)46-24-21-33(42(58)59-4)47-35(51)16-12-17-36(52)53)22-25-50-40(56)29-15-11-14-28-34(49(2)3)19-18-30(37(28)29)41(50)57/h11,14-15,18-19,27,31-33,45H,5-10,12-13,16-17,20-26,43-44H2,1-4H3,(H,46,55)(H,47,51)(H,48,54)(H,52,53)/t27-,31-,32+,33+/m0/s1. The molecule has 0 aromatic heterocycles. The van der Waals surface area contributed by atoms with Gasteiger partial charge in [-0.2, -0.15) is 0 Å². The van der Waals surface area contributed by atoms with Crippen LogP contribution in [0, 0.1) is 0 Å². The van der Waals surface area contributed by atoms with Gasteiger partial charge in [0, 0.05) is 80.2 Å². The number of esters is 1. The lowest BCUT2D eigenvalue weighted by Gasteiger charge is -2.30. The van der Waals surface area contributed by atoms with Crippen LogP contribution in [-0.2, 0) is 28.7 Å². The molecule has 0 aliphatic carbocycles. The van der Waals surface area contributed by atoms with E-state index in [2.05, 4.69) is 28.2 Å². The number of benzene rings is 2. The minimum absolute atomic E-state index is 0.0301. The summed E-state index contributed by atoms with van der Waals surface area (Å²) in [6.45, 7) is 2.80. The van der Waals surface area contributed by atoms with E-state index in [9.17, 15) is 33.6 Å². The van der Waals surface area contributed by atoms with Gasteiger partial charge in [-0.3, -0.25) is 33.7 Å². The number of aliphatic carboxylic acids is 1. The van der Waals surface area contributed by atoms with Crippen molar-refractivity contribution in [1.29, 1.82) is 0 Å². The van der Waals surface area contributed by atoms with Crippen molar-refractivity contribution in [3.8, 4) is 0 Å². The van der Waals surface area contributed by atoms with Gasteiger partial charge in [-0.1, -0.05) is 57.6 Å². The zero-order valence-corrected chi connectivity index (χ0v) is 35.0. The Morgan fingerprint density at radius 2 is 1.49 bits per heavy atom. The summed E-state index contributed by atoms with van der Waals surface area (Å²) in [5.74, 6) is -4.75. The lowest BCUT2D eigenvalue weighted by atomic mass is 9.92. The summed E-state index contributed by atoms with van der Waals surface area (Å²) in [6.07, 6.45) is 7.68. The summed E-state index contributed by atoms with van der Waals surface area (Å²) in [5.41, 5.74) is 14.0. The van der Waals surface area contributed by atoms with Crippen molar-refractivity contribution in [2.45, 2.75) is 115 Å². The van der Waals surface area contributed by atoms with Crippen LogP contribution in [-0.4, -0.2) is 123 Å². The molecule has 0 spiro atoms. The van der Waals surface area contributed by atoms with Gasteiger partial charge < -0.3 is 47.5 Å². The number of nitrogens with zero attached hydrogens (tertiary/aromatic N) is 2. The quantitative estimate of drug-likeness (QED) is 0.0370. The van der Waals surface area contributed by atoms with E-state index in [1.807, 2.05) is 31.1 Å². The van der Waals surface area contributed by atoms with Crippen molar-refractivity contribution in [2.24, 2.45) is 11.5 Å². The van der Waals surface area contributed by atoms with Crippen LogP contribution in [0.1, 0.15) is 111 Å². The zero-order chi connectivity index (χ0) is 43.5. The topological polar surface area (TPSA) is 256 Å². The van der Waals surface area contributed by atoms with Gasteiger partial charge in [0.15, 0.2) is 0 Å². The van der Waals surface area contributed by atoms with Crippen LogP contribution < -0.4 is 37.6 Å². The average Bonchev–Trinajstić information content (AvgIpc) is 3.20. The lowest BCUT2D eigenvalue weighted by molar-refractivity contribution is -0.145. The Morgan fingerprint density at radius 1 is 0.797 bits per heavy atom. The number of carboxylic acids is 1. The number of ether oxygens (including phenoxy) is 1. The number of anilines is 1. The van der Waals surface area contributed by atoms with Gasteiger partial charge in [0.05, 0.1) is 13.2 Å². The predicted octanol–water partition coefficient (Wildman–Crippen LogP) is 2.18. The highest BCUT2D eigenvalue weighted by molar-refractivity contribution is 6.26. The first-order chi connectivity index (χ1) is 28.2. The Balaban J connectivity index is 1.68. The fourth-order valence-corrected chi connectivity index (χ4v) is 7.02. The van der Waals surface area contributed by atoms with E-state index >= 15 is 0 Å². The van der Waals surface area contributed by atoms with Crippen molar-refractivity contribution >= 4 is 57.9 Å². The molecule has 0 fully saturated rings. The Bertz CT molecular complexity index is 1750. The molecule has 1 heterocycles. The molecule has 0 bridgehead atoms. The largest absolute Gasteiger partial charge is 0.481 e. The molecule has 0 unspecified atom stereocenters. The predicted molar refractivity (Wildman–Crippen MR) is 225 cm³/mol. The fraction of sp³-hybridized carbons (Fsp3) is 0.595. The van der Waals surface area contributed by atoms with Gasteiger partial charge in [0.1, 0.15) is 12.1 Å². The van der Waals surface area contributed by atoms with Crippen LogP contribution in [0.25, 0.3) is 10.8 Å². The molecule has 2 aromatic rings. The number of hydrogen-bond acceptors (Lipinski definition) is 12. The van der Waals surface area contributed by atoms with E-state index in [1.54, 1.807) is 18.2 Å². The minimum Gasteiger partial charge on any atom is -0.481 e. The zero-order valence-electron chi connectivity index (χ0n) is 35.0. The van der Waals surface area contributed by atoms with Crippen molar-refractivity contribution in [1.82, 2.24) is 26.2 Å². The van der Waals surface area contributed by atoms with Crippen LogP contribution >= 0.6 is 0 Å². The summed E-state index contributed by atoms with van der Waals surface area (Å²) in [6, 6.07) is 5.30. The van der Waals surface area contributed by atoms with Crippen LogP contribution in [0.4, 0.5) is 5.69 Å². The number of amides is 5. The number of hydrogen-bond donors (Lipinski definition) is 7. The molecule has 3 rings (SSSR count). The molecular weight excluding hydrogens is 761 g/mol. The molecule has 0 saturated carbocycles. The van der Waals surface area contributed by atoms with Crippen LogP contribution in [0.15, 0.2) is 30.3 Å². The van der Waals surface area contributed by atoms with Crippen LogP contribution in [0.2, 0.25) is 0 Å². The summed E-state index contributed by atoms with van der Waals surface area (Å²) < 4.78 is 4.80.